The first kappa shape index (κ1) is 27.6. The topological polar surface area (TPSA) is 144 Å². The molecule has 0 saturated heterocycles. The van der Waals surface area contributed by atoms with Crippen LogP contribution in [0.3, 0.4) is 0 Å². The molecule has 0 unspecified atom stereocenters. The zero-order chi connectivity index (χ0) is 29.3. The highest BCUT2D eigenvalue weighted by atomic mass is 19.3. The summed E-state index contributed by atoms with van der Waals surface area (Å²) in [7, 11) is 1.25. The highest BCUT2D eigenvalue weighted by molar-refractivity contribution is 5.98. The van der Waals surface area contributed by atoms with Gasteiger partial charge in [-0.15, -0.1) is 0 Å². The van der Waals surface area contributed by atoms with E-state index in [-0.39, 0.29) is 41.3 Å². The maximum atomic E-state index is 14.5. The van der Waals surface area contributed by atoms with Crippen LogP contribution in [0.1, 0.15) is 54.1 Å². The van der Waals surface area contributed by atoms with Crippen molar-refractivity contribution in [1.82, 2.24) is 25.2 Å². The number of fused-ring (bicyclic) bond motifs is 2. The Morgan fingerprint density at radius 3 is 2.71 bits per heavy atom. The third-order valence-electron chi connectivity index (χ3n) is 6.47. The lowest BCUT2D eigenvalue weighted by Gasteiger charge is -2.18. The summed E-state index contributed by atoms with van der Waals surface area (Å²) in [5, 5.41) is 19.7. The molecule has 2 heterocycles. The van der Waals surface area contributed by atoms with Gasteiger partial charge in [0.05, 0.1) is 31.0 Å². The van der Waals surface area contributed by atoms with Crippen molar-refractivity contribution in [3.63, 3.8) is 0 Å². The maximum absolute atomic E-state index is 14.5. The van der Waals surface area contributed by atoms with Crippen LogP contribution in [0.15, 0.2) is 54.7 Å². The number of carbonyl (C=O) groups is 3. The van der Waals surface area contributed by atoms with E-state index >= 15 is 0 Å². The van der Waals surface area contributed by atoms with Gasteiger partial charge in [-0.25, -0.2) is 18.7 Å². The number of aliphatic hydroxyl groups is 1. The molecule has 2 aromatic carbocycles. The molecule has 0 aliphatic heterocycles. The molecule has 11 nitrogen and oxygen atoms in total. The molecule has 41 heavy (non-hydrogen) atoms. The van der Waals surface area contributed by atoms with E-state index in [4.69, 9.17) is 4.74 Å². The maximum Gasteiger partial charge on any atom is 0.387 e. The van der Waals surface area contributed by atoms with Crippen molar-refractivity contribution in [2.45, 2.75) is 31.7 Å². The molecule has 0 radical (unpaired) electrons. The largest absolute Gasteiger partial charge is 0.465 e. The van der Waals surface area contributed by atoms with Crippen molar-refractivity contribution >= 4 is 23.4 Å². The van der Waals surface area contributed by atoms with E-state index in [0.717, 1.165) is 16.8 Å². The van der Waals surface area contributed by atoms with Crippen molar-refractivity contribution in [3.8, 4) is 5.75 Å². The Balaban J connectivity index is 1.38. The van der Waals surface area contributed by atoms with Gasteiger partial charge in [0.1, 0.15) is 17.1 Å². The molecule has 0 fully saturated rings. The van der Waals surface area contributed by atoms with Gasteiger partial charge in [0.2, 0.25) is 0 Å². The van der Waals surface area contributed by atoms with E-state index in [1.807, 2.05) is 0 Å². The smallest absolute Gasteiger partial charge is 0.387 e. The third kappa shape index (κ3) is 5.68. The Kier molecular flexibility index (Phi) is 7.57. The van der Waals surface area contributed by atoms with Gasteiger partial charge in [0.25, 0.3) is 11.8 Å². The second-order valence-corrected chi connectivity index (χ2v) is 9.09. The summed E-state index contributed by atoms with van der Waals surface area (Å²) in [6, 6.07) is 10.6. The molecular formula is C27H22F3N5O6. The number of benzene rings is 2. The van der Waals surface area contributed by atoms with Crippen molar-refractivity contribution in [1.29, 1.82) is 0 Å². The van der Waals surface area contributed by atoms with Crippen molar-refractivity contribution in [2.24, 2.45) is 0 Å². The van der Waals surface area contributed by atoms with Crippen LogP contribution in [-0.2, 0) is 17.7 Å². The Bertz CT molecular complexity index is 1660. The number of esters is 1. The SMILES string of the molecule is COC(=O)c1ccc2c(c1)C[C@H](O)[C@@H]2NC(=O)c1cc(C(=O)NCc2cccc(OC(F)F)c2)nc2c(F)cnn12. The Morgan fingerprint density at radius 2 is 1.95 bits per heavy atom. The molecule has 4 aromatic rings. The van der Waals surface area contributed by atoms with Crippen LogP contribution in [0.5, 0.6) is 5.75 Å². The number of halogens is 3. The summed E-state index contributed by atoms with van der Waals surface area (Å²) in [6.07, 6.45) is -0.0329. The molecule has 1 aliphatic carbocycles. The lowest BCUT2D eigenvalue weighted by molar-refractivity contribution is -0.0499. The van der Waals surface area contributed by atoms with E-state index < -0.39 is 42.4 Å². The highest BCUT2D eigenvalue weighted by Gasteiger charge is 2.34. The fourth-order valence-corrected chi connectivity index (χ4v) is 4.59. The quantitative estimate of drug-likeness (QED) is 0.275. The molecular weight excluding hydrogens is 547 g/mol. The number of rotatable bonds is 8. The number of hydrogen-bond acceptors (Lipinski definition) is 8. The van der Waals surface area contributed by atoms with Crippen LogP contribution in [0.25, 0.3) is 5.65 Å². The van der Waals surface area contributed by atoms with Crippen LogP contribution in [0.2, 0.25) is 0 Å². The first-order valence-corrected chi connectivity index (χ1v) is 12.2. The van der Waals surface area contributed by atoms with Gasteiger partial charge in [0.15, 0.2) is 11.5 Å². The van der Waals surface area contributed by atoms with E-state index in [0.29, 0.717) is 16.7 Å². The Hall–Kier alpha value is -4.98. The van der Waals surface area contributed by atoms with Crippen LogP contribution < -0.4 is 15.4 Å². The highest BCUT2D eigenvalue weighted by Crippen LogP contribution is 2.33. The van der Waals surface area contributed by atoms with Crippen LogP contribution in [-0.4, -0.2) is 57.3 Å². The number of ether oxygens (including phenoxy) is 2. The zero-order valence-electron chi connectivity index (χ0n) is 21.3. The number of amides is 2. The molecule has 14 heteroatoms. The summed E-state index contributed by atoms with van der Waals surface area (Å²) < 4.78 is 49.5. The summed E-state index contributed by atoms with van der Waals surface area (Å²) in [4.78, 5) is 42.1. The van der Waals surface area contributed by atoms with Gasteiger partial charge in [-0.3, -0.25) is 9.59 Å². The molecule has 0 bridgehead atoms. The van der Waals surface area contributed by atoms with Gasteiger partial charge < -0.3 is 25.2 Å². The fraction of sp³-hybridized carbons (Fsp3) is 0.222. The second kappa shape index (κ2) is 11.3. The molecule has 2 atom stereocenters. The average Bonchev–Trinajstić information content (AvgIpc) is 3.48. The summed E-state index contributed by atoms with van der Waals surface area (Å²) in [5.74, 6) is -3.07. The van der Waals surface area contributed by atoms with Gasteiger partial charge in [-0.1, -0.05) is 18.2 Å². The van der Waals surface area contributed by atoms with Crippen LogP contribution in [0, 0.1) is 5.82 Å². The standard InChI is InChI=1S/C27H22F3N5O6/c1-40-26(39)14-5-6-17-15(8-14)9-21(36)22(17)34-25(38)20-10-19(33-23-18(28)12-32-35(20)23)24(37)31-11-13-3-2-4-16(7-13)41-27(29)30/h2-8,10,12,21-22,27,36H,9,11H2,1H3,(H,31,37)(H,34,38)/t21-,22+/m0/s1. The lowest BCUT2D eigenvalue weighted by atomic mass is 10.0. The number of carbonyl (C=O) groups excluding carboxylic acids is 3. The first-order chi connectivity index (χ1) is 19.6. The second-order valence-electron chi connectivity index (χ2n) is 9.09. The predicted octanol–water partition coefficient (Wildman–Crippen LogP) is 2.57. The summed E-state index contributed by atoms with van der Waals surface area (Å²) in [6.45, 7) is -3.12. The lowest BCUT2D eigenvalue weighted by Crippen LogP contribution is -2.35. The number of nitrogens with zero attached hydrogens (tertiary/aromatic N) is 3. The van der Waals surface area contributed by atoms with Gasteiger partial charge in [0, 0.05) is 19.0 Å². The number of methoxy groups -OCH3 is 1. The number of nitrogens with one attached hydrogen (secondary N) is 2. The molecule has 212 valence electrons. The zero-order valence-corrected chi connectivity index (χ0v) is 21.3. The van der Waals surface area contributed by atoms with Crippen molar-refractivity contribution < 1.29 is 42.1 Å². The van der Waals surface area contributed by atoms with E-state index in [9.17, 15) is 32.7 Å². The van der Waals surface area contributed by atoms with E-state index in [1.165, 1.54) is 31.4 Å². The van der Waals surface area contributed by atoms with Gasteiger partial charge in [-0.2, -0.15) is 13.9 Å². The monoisotopic (exact) mass is 569 g/mol. The summed E-state index contributed by atoms with van der Waals surface area (Å²) >= 11 is 0. The first-order valence-electron chi connectivity index (χ1n) is 12.2. The van der Waals surface area contributed by atoms with Gasteiger partial charge >= 0.3 is 12.6 Å². The Morgan fingerprint density at radius 1 is 1.15 bits per heavy atom. The van der Waals surface area contributed by atoms with Gasteiger partial charge in [-0.05, 0) is 41.0 Å². The summed E-state index contributed by atoms with van der Waals surface area (Å²) in [5.41, 5.74) is 1.02. The fourth-order valence-electron chi connectivity index (χ4n) is 4.59. The minimum Gasteiger partial charge on any atom is -0.465 e. The predicted molar refractivity (Wildman–Crippen MR) is 135 cm³/mol. The molecule has 2 amide bonds. The Labute approximate surface area is 229 Å². The number of alkyl halides is 2. The number of hydrogen-bond donors (Lipinski definition) is 3. The van der Waals surface area contributed by atoms with E-state index in [1.54, 1.807) is 18.2 Å². The minimum atomic E-state index is -3.01. The average molecular weight is 569 g/mol. The molecule has 3 N–H and O–H groups in total. The normalized spacial score (nSPS) is 16.0. The minimum absolute atomic E-state index is 0.0937. The molecule has 0 spiro atoms. The van der Waals surface area contributed by atoms with Crippen molar-refractivity contribution in [2.75, 3.05) is 7.11 Å². The number of aliphatic hydroxyl groups excluding tert-OH is 1. The number of aromatic nitrogens is 3. The van der Waals surface area contributed by atoms with E-state index in [2.05, 4.69) is 25.5 Å². The molecule has 5 rings (SSSR count). The molecule has 1 aliphatic rings. The van der Waals surface area contributed by atoms with Crippen LogP contribution >= 0.6 is 0 Å². The molecule has 2 aromatic heterocycles. The third-order valence-corrected chi connectivity index (χ3v) is 6.47. The van der Waals surface area contributed by atoms with Crippen molar-refractivity contribution in [3.05, 3.63) is 94.2 Å². The van der Waals surface area contributed by atoms with Crippen LogP contribution in [0.4, 0.5) is 13.2 Å². The molecule has 0 saturated carbocycles.